The lowest BCUT2D eigenvalue weighted by molar-refractivity contribution is 0.146. The van der Waals surface area contributed by atoms with Gasteiger partial charge in [-0.2, -0.15) is 0 Å². The number of nitrogens with zero attached hydrogens (tertiary/aromatic N) is 1. The average molecular weight is 181 g/mol. The van der Waals surface area contributed by atoms with Crippen molar-refractivity contribution in [3.63, 3.8) is 0 Å². The van der Waals surface area contributed by atoms with Crippen LogP contribution in [0.4, 0.5) is 4.39 Å². The van der Waals surface area contributed by atoms with Crippen molar-refractivity contribution in [1.82, 2.24) is 0 Å². The molecule has 13 heavy (non-hydrogen) atoms. The van der Waals surface area contributed by atoms with Gasteiger partial charge in [0, 0.05) is 0 Å². The fourth-order valence-electron chi connectivity index (χ4n) is 0.829. The highest BCUT2D eigenvalue weighted by atomic mass is 19.1. The Balaban J connectivity index is 2.48. The number of benzene rings is 1. The quantitative estimate of drug-likeness (QED) is 0.397. The molecule has 0 saturated heterocycles. The molecule has 0 radical (unpaired) electrons. The van der Waals surface area contributed by atoms with Gasteiger partial charge < -0.3 is 4.84 Å². The molecule has 0 N–H and O–H groups in total. The third-order valence-electron chi connectivity index (χ3n) is 1.42. The molecule has 70 valence electrons. The van der Waals surface area contributed by atoms with Crippen LogP contribution in [-0.2, 0) is 4.84 Å². The van der Waals surface area contributed by atoms with Gasteiger partial charge in [-0.25, -0.2) is 4.39 Å². The summed E-state index contributed by atoms with van der Waals surface area (Å²) >= 11 is 0. The molecule has 3 heteroatoms. The minimum atomic E-state index is -0.264. The molecule has 0 amide bonds. The first-order valence-electron chi connectivity index (χ1n) is 4.24. The Morgan fingerprint density at radius 3 is 3.08 bits per heavy atom. The Hall–Kier alpha value is -1.38. The molecular weight excluding hydrogens is 169 g/mol. The maximum Gasteiger partial charge on any atom is 0.123 e. The van der Waals surface area contributed by atoms with E-state index in [-0.39, 0.29) is 5.82 Å². The lowest BCUT2D eigenvalue weighted by Gasteiger charge is -1.94. The minimum Gasteiger partial charge on any atom is -0.396 e. The van der Waals surface area contributed by atoms with Crippen LogP contribution in [0.25, 0.3) is 0 Å². The fourth-order valence-corrected chi connectivity index (χ4v) is 0.829. The van der Waals surface area contributed by atoms with Crippen molar-refractivity contribution in [2.75, 3.05) is 6.61 Å². The standard InChI is InChI=1S/C10H12FNO/c1-2-6-13-12-8-9-4-3-5-10(11)7-9/h3-5,7-8H,2,6H2,1H3. The summed E-state index contributed by atoms with van der Waals surface area (Å²) in [5.41, 5.74) is 0.705. The zero-order valence-corrected chi connectivity index (χ0v) is 7.53. The summed E-state index contributed by atoms with van der Waals surface area (Å²) in [5.74, 6) is -0.264. The number of halogens is 1. The van der Waals surface area contributed by atoms with Crippen LogP contribution in [0.2, 0.25) is 0 Å². The van der Waals surface area contributed by atoms with E-state index in [1.807, 2.05) is 6.92 Å². The molecule has 0 unspecified atom stereocenters. The van der Waals surface area contributed by atoms with E-state index in [4.69, 9.17) is 4.84 Å². The van der Waals surface area contributed by atoms with Crippen LogP contribution in [-0.4, -0.2) is 12.8 Å². The van der Waals surface area contributed by atoms with Gasteiger partial charge in [-0.05, 0) is 24.1 Å². The lowest BCUT2D eigenvalue weighted by Crippen LogP contribution is -1.87. The van der Waals surface area contributed by atoms with E-state index >= 15 is 0 Å². The summed E-state index contributed by atoms with van der Waals surface area (Å²) in [6.45, 7) is 2.59. The van der Waals surface area contributed by atoms with Crippen LogP contribution in [0.3, 0.4) is 0 Å². The summed E-state index contributed by atoms with van der Waals surface area (Å²) in [6.07, 6.45) is 2.42. The minimum absolute atomic E-state index is 0.264. The number of oxime groups is 1. The second kappa shape index (κ2) is 5.30. The highest BCUT2D eigenvalue weighted by molar-refractivity contribution is 5.78. The summed E-state index contributed by atoms with van der Waals surface area (Å²) in [6, 6.07) is 6.20. The molecule has 0 bridgehead atoms. The fraction of sp³-hybridized carbons (Fsp3) is 0.300. The smallest absolute Gasteiger partial charge is 0.123 e. The molecule has 1 rings (SSSR count). The van der Waals surface area contributed by atoms with E-state index in [0.717, 1.165) is 6.42 Å². The van der Waals surface area contributed by atoms with Crippen molar-refractivity contribution in [2.45, 2.75) is 13.3 Å². The maximum absolute atomic E-state index is 12.6. The van der Waals surface area contributed by atoms with Crippen LogP contribution in [0.5, 0.6) is 0 Å². The van der Waals surface area contributed by atoms with Gasteiger partial charge in [0.1, 0.15) is 12.4 Å². The van der Waals surface area contributed by atoms with Crippen LogP contribution >= 0.6 is 0 Å². The van der Waals surface area contributed by atoms with Gasteiger partial charge in [0.15, 0.2) is 0 Å². The van der Waals surface area contributed by atoms with Gasteiger partial charge in [-0.1, -0.05) is 24.2 Å². The first kappa shape index (κ1) is 9.71. The highest BCUT2D eigenvalue weighted by Gasteiger charge is 1.90. The predicted octanol–water partition coefficient (Wildman–Crippen LogP) is 2.59. The molecule has 0 aromatic heterocycles. The van der Waals surface area contributed by atoms with Crippen LogP contribution in [0, 0.1) is 5.82 Å². The Bertz CT molecular complexity index is 286. The third kappa shape index (κ3) is 3.69. The second-order valence-electron chi connectivity index (χ2n) is 2.62. The van der Waals surface area contributed by atoms with E-state index in [9.17, 15) is 4.39 Å². The Morgan fingerprint density at radius 1 is 1.54 bits per heavy atom. The van der Waals surface area contributed by atoms with Crippen molar-refractivity contribution in [2.24, 2.45) is 5.16 Å². The van der Waals surface area contributed by atoms with E-state index < -0.39 is 0 Å². The molecule has 2 nitrogen and oxygen atoms in total. The van der Waals surface area contributed by atoms with E-state index in [2.05, 4.69) is 5.16 Å². The monoisotopic (exact) mass is 181 g/mol. The van der Waals surface area contributed by atoms with Gasteiger partial charge in [0.05, 0.1) is 6.21 Å². The van der Waals surface area contributed by atoms with Gasteiger partial charge in [0.25, 0.3) is 0 Å². The average Bonchev–Trinajstić information content (AvgIpc) is 2.13. The van der Waals surface area contributed by atoms with Gasteiger partial charge >= 0.3 is 0 Å². The molecule has 0 aliphatic carbocycles. The first-order valence-corrected chi connectivity index (χ1v) is 4.24. The molecule has 0 atom stereocenters. The SMILES string of the molecule is CCCON=Cc1cccc(F)c1. The molecule has 0 spiro atoms. The molecule has 0 heterocycles. The zero-order valence-electron chi connectivity index (χ0n) is 7.53. The number of hydrogen-bond donors (Lipinski definition) is 0. The Kier molecular flexibility index (Phi) is 3.96. The molecule has 0 aliphatic heterocycles. The van der Waals surface area contributed by atoms with Crippen molar-refractivity contribution >= 4 is 6.21 Å². The predicted molar refractivity (Wildman–Crippen MR) is 50.2 cm³/mol. The van der Waals surface area contributed by atoms with E-state index in [1.54, 1.807) is 12.1 Å². The maximum atomic E-state index is 12.6. The van der Waals surface area contributed by atoms with Crippen LogP contribution < -0.4 is 0 Å². The number of rotatable bonds is 4. The van der Waals surface area contributed by atoms with E-state index in [0.29, 0.717) is 12.2 Å². The normalized spacial score (nSPS) is 10.6. The van der Waals surface area contributed by atoms with Gasteiger partial charge in [-0.15, -0.1) is 0 Å². The zero-order chi connectivity index (χ0) is 9.52. The highest BCUT2D eigenvalue weighted by Crippen LogP contribution is 2.00. The summed E-state index contributed by atoms with van der Waals surface area (Å²) < 4.78 is 12.6. The Morgan fingerprint density at radius 2 is 2.38 bits per heavy atom. The van der Waals surface area contributed by atoms with Crippen LogP contribution in [0.15, 0.2) is 29.4 Å². The topological polar surface area (TPSA) is 21.6 Å². The van der Waals surface area contributed by atoms with Crippen molar-refractivity contribution < 1.29 is 9.23 Å². The summed E-state index contributed by atoms with van der Waals surface area (Å²) in [4.78, 5) is 4.87. The van der Waals surface area contributed by atoms with Crippen molar-refractivity contribution in [3.8, 4) is 0 Å². The summed E-state index contributed by atoms with van der Waals surface area (Å²) in [5, 5.41) is 3.68. The summed E-state index contributed by atoms with van der Waals surface area (Å²) in [7, 11) is 0. The molecule has 1 aromatic carbocycles. The molecule has 1 aromatic rings. The number of hydrogen-bond acceptors (Lipinski definition) is 2. The van der Waals surface area contributed by atoms with Crippen LogP contribution in [0.1, 0.15) is 18.9 Å². The lowest BCUT2D eigenvalue weighted by atomic mass is 10.2. The van der Waals surface area contributed by atoms with Crippen molar-refractivity contribution in [1.29, 1.82) is 0 Å². The van der Waals surface area contributed by atoms with Gasteiger partial charge in [0.2, 0.25) is 0 Å². The molecule has 0 fully saturated rings. The van der Waals surface area contributed by atoms with E-state index in [1.165, 1.54) is 18.3 Å². The molecule has 0 saturated carbocycles. The Labute approximate surface area is 77.0 Å². The van der Waals surface area contributed by atoms with Gasteiger partial charge in [-0.3, -0.25) is 0 Å². The third-order valence-corrected chi connectivity index (χ3v) is 1.42. The first-order chi connectivity index (χ1) is 6.33. The largest absolute Gasteiger partial charge is 0.396 e. The second-order valence-corrected chi connectivity index (χ2v) is 2.62. The van der Waals surface area contributed by atoms with Crippen molar-refractivity contribution in [3.05, 3.63) is 35.6 Å². The molecular formula is C10H12FNO. The molecule has 0 aliphatic rings.